The van der Waals surface area contributed by atoms with Crippen LogP contribution in [0.2, 0.25) is 0 Å². The quantitative estimate of drug-likeness (QED) is 0.916. The summed E-state index contributed by atoms with van der Waals surface area (Å²) in [7, 11) is 0. The summed E-state index contributed by atoms with van der Waals surface area (Å²) >= 11 is 0. The minimum atomic E-state index is 0. The largest absolute Gasteiger partial charge is 0.327 e. The van der Waals surface area contributed by atoms with E-state index in [0.29, 0.717) is 18.0 Å². The van der Waals surface area contributed by atoms with Crippen LogP contribution in [-0.2, 0) is 6.54 Å². The summed E-state index contributed by atoms with van der Waals surface area (Å²) in [6.45, 7) is 9.79. The van der Waals surface area contributed by atoms with Crippen molar-refractivity contribution in [3.63, 3.8) is 0 Å². The number of halogens is 1. The van der Waals surface area contributed by atoms with Crippen molar-refractivity contribution in [2.45, 2.75) is 45.8 Å². The Morgan fingerprint density at radius 3 is 2.83 bits per heavy atom. The summed E-state index contributed by atoms with van der Waals surface area (Å²) in [4.78, 5) is 2.49. The van der Waals surface area contributed by atoms with E-state index in [1.54, 1.807) is 0 Å². The molecule has 2 rings (SSSR count). The topological polar surface area (TPSA) is 47.1 Å². The number of rotatable bonds is 3. The van der Waals surface area contributed by atoms with Gasteiger partial charge in [-0.1, -0.05) is 6.92 Å². The molecule has 1 aromatic heterocycles. The number of aromatic nitrogens is 2. The standard InChI is InChI=1S/C13H24N4.ClH/c1-10(2)17-12(4-6-15-17)9-16-7-5-13(14)11(3)8-16;/h4,6,10-11,13H,5,7-9,14H2,1-3H3;1H. The zero-order chi connectivity index (χ0) is 12.4. The average molecular weight is 273 g/mol. The second-order valence-corrected chi connectivity index (χ2v) is 5.53. The van der Waals surface area contributed by atoms with Crippen LogP contribution in [0.15, 0.2) is 12.3 Å². The van der Waals surface area contributed by atoms with E-state index in [2.05, 4.69) is 41.5 Å². The van der Waals surface area contributed by atoms with E-state index in [-0.39, 0.29) is 12.4 Å². The minimum absolute atomic E-state index is 0. The van der Waals surface area contributed by atoms with Crippen LogP contribution in [-0.4, -0.2) is 33.8 Å². The van der Waals surface area contributed by atoms with Crippen molar-refractivity contribution in [3.8, 4) is 0 Å². The molecule has 0 saturated carbocycles. The van der Waals surface area contributed by atoms with Crippen LogP contribution in [0, 0.1) is 5.92 Å². The highest BCUT2D eigenvalue weighted by Crippen LogP contribution is 2.18. The first-order valence-corrected chi connectivity index (χ1v) is 6.58. The highest BCUT2D eigenvalue weighted by molar-refractivity contribution is 5.85. The molecule has 0 aromatic carbocycles. The Labute approximate surface area is 116 Å². The van der Waals surface area contributed by atoms with E-state index in [9.17, 15) is 0 Å². The first-order valence-electron chi connectivity index (χ1n) is 6.58. The molecular formula is C13H25ClN4. The molecule has 1 fully saturated rings. The Hall–Kier alpha value is -0.580. The molecule has 2 atom stereocenters. The van der Waals surface area contributed by atoms with E-state index >= 15 is 0 Å². The Morgan fingerprint density at radius 1 is 1.50 bits per heavy atom. The van der Waals surface area contributed by atoms with Crippen LogP contribution in [0.3, 0.4) is 0 Å². The minimum Gasteiger partial charge on any atom is -0.327 e. The fourth-order valence-electron chi connectivity index (χ4n) is 2.55. The van der Waals surface area contributed by atoms with E-state index < -0.39 is 0 Å². The van der Waals surface area contributed by atoms with Crippen molar-refractivity contribution in [3.05, 3.63) is 18.0 Å². The maximum absolute atomic E-state index is 6.05. The number of nitrogens with zero attached hydrogens (tertiary/aromatic N) is 3. The van der Waals surface area contributed by atoms with Gasteiger partial charge in [-0.05, 0) is 32.3 Å². The molecule has 0 radical (unpaired) electrons. The number of likely N-dealkylation sites (tertiary alicyclic amines) is 1. The second-order valence-electron chi connectivity index (χ2n) is 5.53. The maximum Gasteiger partial charge on any atom is 0.0527 e. The zero-order valence-corrected chi connectivity index (χ0v) is 12.4. The van der Waals surface area contributed by atoms with Gasteiger partial charge in [0.05, 0.1) is 5.69 Å². The predicted molar refractivity (Wildman–Crippen MR) is 76.9 cm³/mol. The maximum atomic E-state index is 6.05. The Morgan fingerprint density at radius 2 is 2.22 bits per heavy atom. The molecule has 1 aliphatic rings. The van der Waals surface area contributed by atoms with Crippen LogP contribution >= 0.6 is 12.4 Å². The molecule has 1 aromatic rings. The highest BCUT2D eigenvalue weighted by atomic mass is 35.5. The van der Waals surface area contributed by atoms with Crippen LogP contribution in [0.1, 0.15) is 38.9 Å². The van der Waals surface area contributed by atoms with Crippen LogP contribution in [0.4, 0.5) is 0 Å². The van der Waals surface area contributed by atoms with E-state index in [0.717, 1.165) is 26.1 Å². The lowest BCUT2D eigenvalue weighted by Gasteiger charge is -2.35. The van der Waals surface area contributed by atoms with Gasteiger partial charge in [-0.25, -0.2) is 0 Å². The summed E-state index contributed by atoms with van der Waals surface area (Å²) in [6.07, 6.45) is 3.01. The number of nitrogens with two attached hydrogens (primary N) is 1. The van der Waals surface area contributed by atoms with Crippen LogP contribution in [0.25, 0.3) is 0 Å². The molecule has 0 spiro atoms. The van der Waals surface area contributed by atoms with Gasteiger partial charge in [0.15, 0.2) is 0 Å². The third-order valence-corrected chi connectivity index (χ3v) is 3.68. The average Bonchev–Trinajstić information content (AvgIpc) is 2.72. The third kappa shape index (κ3) is 3.46. The third-order valence-electron chi connectivity index (χ3n) is 3.68. The summed E-state index contributed by atoms with van der Waals surface area (Å²) in [5, 5.41) is 4.38. The second kappa shape index (κ2) is 6.55. The summed E-state index contributed by atoms with van der Waals surface area (Å²) in [5.74, 6) is 0.596. The monoisotopic (exact) mass is 272 g/mol. The molecular weight excluding hydrogens is 248 g/mol. The van der Waals surface area contributed by atoms with Gasteiger partial charge >= 0.3 is 0 Å². The van der Waals surface area contributed by atoms with E-state index in [1.165, 1.54) is 5.69 Å². The van der Waals surface area contributed by atoms with Crippen molar-refractivity contribution in [2.24, 2.45) is 11.7 Å². The van der Waals surface area contributed by atoms with Gasteiger partial charge in [0.25, 0.3) is 0 Å². The van der Waals surface area contributed by atoms with Gasteiger partial charge in [0.2, 0.25) is 0 Å². The molecule has 18 heavy (non-hydrogen) atoms. The van der Waals surface area contributed by atoms with Gasteiger partial charge < -0.3 is 5.73 Å². The van der Waals surface area contributed by atoms with Gasteiger partial charge in [0, 0.05) is 37.9 Å². The molecule has 1 aliphatic heterocycles. The van der Waals surface area contributed by atoms with Gasteiger partial charge in [-0.2, -0.15) is 5.10 Å². The fourth-order valence-corrected chi connectivity index (χ4v) is 2.55. The molecule has 2 N–H and O–H groups in total. The first kappa shape index (κ1) is 15.5. The SMILES string of the molecule is CC1CN(Cc2ccnn2C(C)C)CCC1N.Cl. The number of piperidine rings is 1. The summed E-state index contributed by atoms with van der Waals surface area (Å²) in [6, 6.07) is 2.94. The Kier molecular flexibility index (Phi) is 5.63. The summed E-state index contributed by atoms with van der Waals surface area (Å²) < 4.78 is 2.11. The smallest absolute Gasteiger partial charge is 0.0527 e. The lowest BCUT2D eigenvalue weighted by molar-refractivity contribution is 0.153. The van der Waals surface area contributed by atoms with Crippen LogP contribution in [0.5, 0.6) is 0 Å². The van der Waals surface area contributed by atoms with E-state index in [4.69, 9.17) is 5.73 Å². The number of hydrogen-bond donors (Lipinski definition) is 1. The van der Waals surface area contributed by atoms with Gasteiger partial charge in [-0.15, -0.1) is 12.4 Å². The molecule has 0 amide bonds. The van der Waals surface area contributed by atoms with Crippen molar-refractivity contribution >= 4 is 12.4 Å². The molecule has 2 heterocycles. The van der Waals surface area contributed by atoms with Crippen molar-refractivity contribution in [1.29, 1.82) is 0 Å². The molecule has 2 unspecified atom stereocenters. The zero-order valence-electron chi connectivity index (χ0n) is 11.5. The number of hydrogen-bond acceptors (Lipinski definition) is 3. The lowest BCUT2D eigenvalue weighted by atomic mass is 9.95. The van der Waals surface area contributed by atoms with E-state index in [1.807, 2.05) is 6.20 Å². The fraction of sp³-hybridized carbons (Fsp3) is 0.769. The lowest BCUT2D eigenvalue weighted by Crippen LogP contribution is -2.45. The Balaban J connectivity index is 0.00000162. The molecule has 5 heteroatoms. The molecule has 0 bridgehead atoms. The van der Waals surface area contributed by atoms with Crippen molar-refractivity contribution in [1.82, 2.24) is 14.7 Å². The van der Waals surface area contributed by atoms with Gasteiger partial charge in [0.1, 0.15) is 0 Å². The van der Waals surface area contributed by atoms with Crippen molar-refractivity contribution < 1.29 is 0 Å². The normalized spacial score (nSPS) is 25.2. The first-order chi connectivity index (χ1) is 8.08. The predicted octanol–water partition coefficient (Wildman–Crippen LogP) is 2.05. The molecule has 0 aliphatic carbocycles. The highest BCUT2D eigenvalue weighted by Gasteiger charge is 2.23. The molecule has 4 nitrogen and oxygen atoms in total. The Bertz CT molecular complexity index is 364. The van der Waals surface area contributed by atoms with Crippen molar-refractivity contribution in [2.75, 3.05) is 13.1 Å². The van der Waals surface area contributed by atoms with Gasteiger partial charge in [-0.3, -0.25) is 9.58 Å². The molecule has 104 valence electrons. The molecule has 1 saturated heterocycles. The van der Waals surface area contributed by atoms with Crippen LogP contribution < -0.4 is 5.73 Å². The summed E-state index contributed by atoms with van der Waals surface area (Å²) in [5.41, 5.74) is 7.36.